The van der Waals surface area contributed by atoms with E-state index in [0.29, 0.717) is 5.56 Å². The fourth-order valence-corrected chi connectivity index (χ4v) is 8.02. The summed E-state index contributed by atoms with van der Waals surface area (Å²) in [7, 11) is -4.34. The standard InChI is InChI=1S/C42H65N11O15S/c1-5-22(4)35-42(66)49-25(10-11-31(43)56)37(61)51-29(18-32(44)57)39(63)48-26(38(62)52-30(20-54)41(65)50-27(16-21(2)3)36(60)46-19-33(45)58)12-14-69(67,68)15-13-34(59)47-28(40(64)53-35)17-23-6-8-24(55)9-7-23/h6-9,21-22,25-30,35,54-55H,5,10-20H2,1-4H3,(H2,43,56)(H2,44,57)(H2,45,58)(H,46,60)(H,47,59)(H,48,63)(H,49,66)(H,50,65)(H,51,61)(H,52,62)(H,53,64)/t22-,25-,26-,27-,28-,29-,30-,35-/m0/s1. The summed E-state index contributed by atoms with van der Waals surface area (Å²) in [4.78, 5) is 145. The summed E-state index contributed by atoms with van der Waals surface area (Å²) in [5.74, 6) is -14.3. The molecular formula is C42H65N11O15S. The molecule has 1 aliphatic rings. The van der Waals surface area contributed by atoms with Gasteiger partial charge in [0.05, 0.1) is 31.1 Å². The van der Waals surface area contributed by atoms with Gasteiger partial charge in [-0.3, -0.25) is 52.7 Å². The van der Waals surface area contributed by atoms with Crippen LogP contribution in [0.5, 0.6) is 5.75 Å². The lowest BCUT2D eigenvalue weighted by Gasteiger charge is -2.29. The Balaban J connectivity index is 2.66. The molecule has 69 heavy (non-hydrogen) atoms. The zero-order valence-electron chi connectivity index (χ0n) is 38.8. The Hall–Kier alpha value is -6.90. The molecular weight excluding hydrogens is 931 g/mol. The van der Waals surface area contributed by atoms with Gasteiger partial charge in [0.15, 0.2) is 9.84 Å². The van der Waals surface area contributed by atoms with Crippen LogP contribution >= 0.6 is 0 Å². The van der Waals surface area contributed by atoms with E-state index in [-0.39, 0.29) is 30.9 Å². The first-order valence-corrected chi connectivity index (χ1v) is 23.9. The second-order valence-corrected chi connectivity index (χ2v) is 19.3. The van der Waals surface area contributed by atoms with E-state index in [1.807, 2.05) is 0 Å². The predicted octanol–water partition coefficient (Wildman–Crippen LogP) is -5.64. The Bertz CT molecular complexity index is 2160. The third kappa shape index (κ3) is 20.9. The highest BCUT2D eigenvalue weighted by Crippen LogP contribution is 2.15. The molecule has 0 saturated carbocycles. The minimum atomic E-state index is -4.34. The molecule has 1 saturated heterocycles. The first kappa shape index (κ1) is 58.2. The quantitative estimate of drug-likeness (QED) is 0.0615. The van der Waals surface area contributed by atoms with Crippen molar-refractivity contribution in [1.29, 1.82) is 0 Å². The van der Waals surface area contributed by atoms with Crippen molar-refractivity contribution in [3.8, 4) is 5.75 Å². The Kier molecular flexibility index (Phi) is 23.5. The lowest BCUT2D eigenvalue weighted by Crippen LogP contribution is -2.61. The molecule has 8 atom stereocenters. The number of aliphatic hydroxyl groups excluding tert-OH is 1. The van der Waals surface area contributed by atoms with Crippen LogP contribution in [0, 0.1) is 11.8 Å². The minimum absolute atomic E-state index is 0.0156. The van der Waals surface area contributed by atoms with Crippen molar-refractivity contribution in [3.63, 3.8) is 0 Å². The van der Waals surface area contributed by atoms with Gasteiger partial charge in [-0.1, -0.05) is 46.2 Å². The Labute approximate surface area is 398 Å². The molecule has 0 spiro atoms. The zero-order valence-corrected chi connectivity index (χ0v) is 39.6. The smallest absolute Gasteiger partial charge is 0.245 e. The average molecular weight is 996 g/mol. The number of carbonyl (C=O) groups is 11. The Morgan fingerprint density at radius 1 is 0.739 bits per heavy atom. The van der Waals surface area contributed by atoms with Gasteiger partial charge in [0.2, 0.25) is 65.0 Å². The molecule has 1 aliphatic heterocycles. The first-order chi connectivity index (χ1) is 32.2. The van der Waals surface area contributed by atoms with Crippen LogP contribution in [0.3, 0.4) is 0 Å². The lowest BCUT2D eigenvalue weighted by molar-refractivity contribution is -0.137. The molecule has 16 N–H and O–H groups in total. The molecule has 11 amide bonds. The van der Waals surface area contributed by atoms with Crippen molar-refractivity contribution in [1.82, 2.24) is 42.5 Å². The second-order valence-electron chi connectivity index (χ2n) is 17.0. The molecule has 27 heteroatoms. The van der Waals surface area contributed by atoms with Crippen molar-refractivity contribution in [2.24, 2.45) is 29.0 Å². The van der Waals surface area contributed by atoms with E-state index >= 15 is 0 Å². The van der Waals surface area contributed by atoms with Gasteiger partial charge < -0.3 is 69.9 Å². The summed E-state index contributed by atoms with van der Waals surface area (Å²) in [6.45, 7) is 5.02. The molecule has 0 unspecified atom stereocenters. The monoisotopic (exact) mass is 995 g/mol. The number of rotatable bonds is 19. The van der Waals surface area contributed by atoms with Gasteiger partial charge in [0, 0.05) is 19.3 Å². The van der Waals surface area contributed by atoms with Gasteiger partial charge in [0.1, 0.15) is 48.0 Å². The van der Waals surface area contributed by atoms with E-state index in [4.69, 9.17) is 17.2 Å². The minimum Gasteiger partial charge on any atom is -0.508 e. The number of aromatic hydroxyl groups is 1. The van der Waals surface area contributed by atoms with Crippen LogP contribution in [0.4, 0.5) is 0 Å². The molecule has 0 bridgehead atoms. The Morgan fingerprint density at radius 3 is 1.91 bits per heavy atom. The number of aliphatic hydroxyl groups is 1. The number of benzene rings is 1. The summed E-state index contributed by atoms with van der Waals surface area (Å²) in [6, 6.07) is -6.01. The highest BCUT2D eigenvalue weighted by Gasteiger charge is 2.37. The van der Waals surface area contributed by atoms with Crippen LogP contribution in [0.15, 0.2) is 24.3 Å². The third-order valence-electron chi connectivity index (χ3n) is 10.8. The van der Waals surface area contributed by atoms with Crippen LogP contribution in [0.25, 0.3) is 0 Å². The fourth-order valence-electron chi connectivity index (χ4n) is 6.73. The van der Waals surface area contributed by atoms with Gasteiger partial charge >= 0.3 is 0 Å². The van der Waals surface area contributed by atoms with Gasteiger partial charge in [-0.05, 0) is 48.8 Å². The van der Waals surface area contributed by atoms with Crippen molar-refractivity contribution in [2.75, 3.05) is 24.7 Å². The molecule has 0 aromatic heterocycles. The number of primary amides is 3. The number of hydrogen-bond donors (Lipinski definition) is 13. The van der Waals surface area contributed by atoms with Crippen molar-refractivity contribution in [3.05, 3.63) is 29.8 Å². The van der Waals surface area contributed by atoms with Crippen LogP contribution in [0.2, 0.25) is 0 Å². The van der Waals surface area contributed by atoms with E-state index in [2.05, 4.69) is 42.5 Å². The van der Waals surface area contributed by atoms with Crippen LogP contribution < -0.4 is 59.7 Å². The molecule has 1 aromatic rings. The van der Waals surface area contributed by atoms with E-state index in [1.165, 1.54) is 24.3 Å². The highest BCUT2D eigenvalue weighted by atomic mass is 32.2. The topological polar surface area (TPSA) is 437 Å². The third-order valence-corrected chi connectivity index (χ3v) is 12.4. The molecule has 2 rings (SSSR count). The van der Waals surface area contributed by atoms with E-state index < -0.39 is 180 Å². The van der Waals surface area contributed by atoms with Crippen molar-refractivity contribution in [2.45, 2.75) is 121 Å². The summed E-state index contributed by atoms with van der Waals surface area (Å²) in [6.07, 6.45) is -3.36. The van der Waals surface area contributed by atoms with Gasteiger partial charge in [-0.25, -0.2) is 8.42 Å². The molecule has 1 aromatic carbocycles. The molecule has 1 fully saturated rings. The zero-order chi connectivity index (χ0) is 52.2. The second kappa shape index (κ2) is 27.8. The van der Waals surface area contributed by atoms with Crippen molar-refractivity contribution >= 4 is 74.8 Å². The number of nitrogens with two attached hydrogens (primary N) is 3. The van der Waals surface area contributed by atoms with Crippen LogP contribution in [0.1, 0.15) is 78.2 Å². The van der Waals surface area contributed by atoms with Crippen molar-refractivity contribution < 1.29 is 71.4 Å². The number of carbonyl (C=O) groups excluding carboxylic acids is 11. The van der Waals surface area contributed by atoms with E-state index in [0.717, 1.165) is 0 Å². The molecule has 0 radical (unpaired) electrons. The molecule has 0 aliphatic carbocycles. The fraction of sp³-hybridized carbons (Fsp3) is 0.595. The number of sulfone groups is 1. The average Bonchev–Trinajstić information content (AvgIpc) is 3.27. The summed E-state index contributed by atoms with van der Waals surface area (Å²) >= 11 is 0. The molecule has 384 valence electrons. The number of phenols is 1. The SMILES string of the molecule is CC[C@H](C)[C@@H]1NC(=O)[C@H](Cc2ccc(O)cc2)NC(=O)CCS(=O)(=O)CC[C@@H](C(=O)N[C@@H](CO)C(=O)N[C@@H](CC(C)C)C(=O)NCC(N)=O)NC(=O)[C@H](CC(N)=O)NC(=O)[C@H](CCC(N)=O)NC1=O. The number of nitrogens with one attached hydrogen (secondary N) is 8. The maximum absolute atomic E-state index is 14.0. The maximum Gasteiger partial charge on any atom is 0.245 e. The lowest BCUT2D eigenvalue weighted by atomic mass is 9.96. The molecule has 26 nitrogen and oxygen atoms in total. The maximum atomic E-state index is 14.0. The highest BCUT2D eigenvalue weighted by molar-refractivity contribution is 7.91. The number of hydrogen-bond acceptors (Lipinski definition) is 15. The first-order valence-electron chi connectivity index (χ1n) is 22.1. The number of phenolic OH excluding ortho intramolecular Hbond substituents is 1. The largest absolute Gasteiger partial charge is 0.508 e. The summed E-state index contributed by atoms with van der Waals surface area (Å²) in [5.41, 5.74) is 16.3. The Morgan fingerprint density at radius 2 is 1.35 bits per heavy atom. The molecule has 1 heterocycles. The predicted molar refractivity (Wildman–Crippen MR) is 244 cm³/mol. The van der Waals surface area contributed by atoms with Crippen LogP contribution in [-0.2, 0) is 69.0 Å². The van der Waals surface area contributed by atoms with E-state index in [9.17, 15) is 71.4 Å². The summed E-state index contributed by atoms with van der Waals surface area (Å²) in [5, 5.41) is 38.7. The van der Waals surface area contributed by atoms with Crippen LogP contribution in [-0.4, -0.2) is 151 Å². The van der Waals surface area contributed by atoms with Gasteiger partial charge in [0.25, 0.3) is 0 Å². The van der Waals surface area contributed by atoms with Gasteiger partial charge in [-0.2, -0.15) is 0 Å². The van der Waals surface area contributed by atoms with Gasteiger partial charge in [-0.15, -0.1) is 0 Å². The number of amides is 11. The summed E-state index contributed by atoms with van der Waals surface area (Å²) < 4.78 is 26.9. The normalized spacial score (nSPS) is 22.1. The van der Waals surface area contributed by atoms with E-state index in [1.54, 1.807) is 27.7 Å².